The second kappa shape index (κ2) is 5.08. The predicted molar refractivity (Wildman–Crippen MR) is 68.5 cm³/mol. The highest BCUT2D eigenvalue weighted by molar-refractivity contribution is 5.82. The van der Waals surface area contributed by atoms with Crippen LogP contribution < -0.4 is 11.1 Å². The van der Waals surface area contributed by atoms with Crippen LogP contribution >= 0.6 is 0 Å². The lowest BCUT2D eigenvalue weighted by Gasteiger charge is -2.12. The van der Waals surface area contributed by atoms with Gasteiger partial charge in [-0.05, 0) is 25.5 Å². The van der Waals surface area contributed by atoms with Crippen LogP contribution in [-0.2, 0) is 4.79 Å². The molecule has 0 aliphatic heterocycles. The summed E-state index contributed by atoms with van der Waals surface area (Å²) in [5, 5.41) is 2.77. The van der Waals surface area contributed by atoms with Crippen molar-refractivity contribution in [2.24, 2.45) is 0 Å². The van der Waals surface area contributed by atoms with Crippen molar-refractivity contribution in [2.75, 3.05) is 6.54 Å². The van der Waals surface area contributed by atoms with Crippen molar-refractivity contribution in [1.29, 1.82) is 0 Å². The highest BCUT2D eigenvalue weighted by atomic mass is 16.4. The Morgan fingerprint density at radius 2 is 2.17 bits per heavy atom. The van der Waals surface area contributed by atoms with E-state index in [4.69, 9.17) is 4.42 Å². The third-order valence-corrected chi connectivity index (χ3v) is 2.83. The lowest BCUT2D eigenvalue weighted by Crippen LogP contribution is -2.34. The average molecular weight is 248 g/mol. The molecule has 2 aromatic rings. The van der Waals surface area contributed by atoms with Crippen molar-refractivity contribution >= 4 is 17.0 Å². The van der Waals surface area contributed by atoms with E-state index in [1.54, 1.807) is 25.1 Å². The standard InChI is InChI=1S/C13H16N2O3/c1-3-8-14-12(16)9(2)15-10-6-4-5-7-11(10)18-13(15)17/h4-7,9H,3,8H2,1-2H3,(H,14,16). The molecule has 0 saturated carbocycles. The zero-order chi connectivity index (χ0) is 13.1. The lowest BCUT2D eigenvalue weighted by molar-refractivity contribution is -0.123. The molecule has 1 amide bonds. The molecule has 1 aromatic heterocycles. The van der Waals surface area contributed by atoms with Gasteiger partial charge < -0.3 is 9.73 Å². The number of rotatable bonds is 4. The summed E-state index contributed by atoms with van der Waals surface area (Å²) in [4.78, 5) is 23.7. The molecular formula is C13H16N2O3. The number of amides is 1. The molecule has 0 aliphatic carbocycles. The number of hydrogen-bond donors (Lipinski definition) is 1. The molecule has 1 unspecified atom stereocenters. The van der Waals surface area contributed by atoms with Crippen LogP contribution in [0, 0.1) is 0 Å². The third kappa shape index (κ3) is 2.16. The summed E-state index contributed by atoms with van der Waals surface area (Å²) in [6.45, 7) is 4.27. The molecule has 1 heterocycles. The number of oxazole rings is 1. The van der Waals surface area contributed by atoms with Crippen LogP contribution in [0.2, 0.25) is 0 Å². The lowest BCUT2D eigenvalue weighted by atomic mass is 10.2. The zero-order valence-electron chi connectivity index (χ0n) is 10.5. The van der Waals surface area contributed by atoms with Crippen molar-refractivity contribution in [1.82, 2.24) is 9.88 Å². The Bertz CT molecular complexity index is 612. The first-order valence-corrected chi connectivity index (χ1v) is 6.03. The van der Waals surface area contributed by atoms with E-state index in [1.807, 2.05) is 13.0 Å². The van der Waals surface area contributed by atoms with E-state index in [9.17, 15) is 9.59 Å². The van der Waals surface area contributed by atoms with Gasteiger partial charge in [0.2, 0.25) is 5.91 Å². The van der Waals surface area contributed by atoms with Gasteiger partial charge in [0.1, 0.15) is 6.04 Å². The number of fused-ring (bicyclic) bond motifs is 1. The van der Waals surface area contributed by atoms with Gasteiger partial charge >= 0.3 is 5.76 Å². The summed E-state index contributed by atoms with van der Waals surface area (Å²) < 4.78 is 6.48. The first-order chi connectivity index (χ1) is 8.65. The summed E-state index contributed by atoms with van der Waals surface area (Å²) in [5.41, 5.74) is 1.14. The third-order valence-electron chi connectivity index (χ3n) is 2.83. The molecule has 5 nitrogen and oxygen atoms in total. The second-order valence-corrected chi connectivity index (χ2v) is 4.17. The number of benzene rings is 1. The highest BCUT2D eigenvalue weighted by Crippen LogP contribution is 2.16. The molecular weight excluding hydrogens is 232 g/mol. The van der Waals surface area contributed by atoms with Gasteiger partial charge in [0, 0.05) is 6.54 Å². The number of nitrogens with one attached hydrogen (secondary N) is 1. The zero-order valence-corrected chi connectivity index (χ0v) is 10.5. The second-order valence-electron chi connectivity index (χ2n) is 4.17. The molecule has 0 fully saturated rings. The summed E-state index contributed by atoms with van der Waals surface area (Å²) in [6, 6.07) is 6.50. The minimum absolute atomic E-state index is 0.175. The van der Waals surface area contributed by atoms with Gasteiger partial charge in [-0.15, -0.1) is 0 Å². The van der Waals surface area contributed by atoms with Gasteiger partial charge in [0.25, 0.3) is 0 Å². The molecule has 1 aromatic carbocycles. The highest BCUT2D eigenvalue weighted by Gasteiger charge is 2.20. The SMILES string of the molecule is CCCNC(=O)C(C)n1c(=O)oc2ccccc21. The summed E-state index contributed by atoms with van der Waals surface area (Å²) in [7, 11) is 0. The van der Waals surface area contributed by atoms with Gasteiger partial charge in [0.15, 0.2) is 5.58 Å². The number of aromatic nitrogens is 1. The quantitative estimate of drug-likeness (QED) is 0.895. The fourth-order valence-electron chi connectivity index (χ4n) is 1.86. The molecule has 0 bridgehead atoms. The van der Waals surface area contributed by atoms with E-state index >= 15 is 0 Å². The predicted octanol–water partition coefficient (Wildman–Crippen LogP) is 1.68. The van der Waals surface area contributed by atoms with Crippen LogP contribution in [0.25, 0.3) is 11.1 Å². The topological polar surface area (TPSA) is 64.2 Å². The van der Waals surface area contributed by atoms with Gasteiger partial charge in [-0.1, -0.05) is 19.1 Å². The van der Waals surface area contributed by atoms with Crippen LogP contribution in [-0.4, -0.2) is 17.0 Å². The fourth-order valence-corrected chi connectivity index (χ4v) is 1.86. The van der Waals surface area contributed by atoms with Crippen molar-refractivity contribution in [2.45, 2.75) is 26.3 Å². The minimum atomic E-state index is -0.576. The van der Waals surface area contributed by atoms with E-state index in [-0.39, 0.29) is 5.91 Å². The van der Waals surface area contributed by atoms with E-state index in [0.29, 0.717) is 17.6 Å². The van der Waals surface area contributed by atoms with Crippen LogP contribution in [0.3, 0.4) is 0 Å². The molecule has 0 spiro atoms. The Labute approximate surface area is 104 Å². The normalized spacial score (nSPS) is 12.6. The number of hydrogen-bond acceptors (Lipinski definition) is 3. The van der Waals surface area contributed by atoms with Crippen molar-refractivity contribution < 1.29 is 9.21 Å². The van der Waals surface area contributed by atoms with E-state index in [1.165, 1.54) is 4.57 Å². The van der Waals surface area contributed by atoms with E-state index in [0.717, 1.165) is 6.42 Å². The van der Waals surface area contributed by atoms with Crippen LogP contribution in [0.5, 0.6) is 0 Å². The van der Waals surface area contributed by atoms with E-state index in [2.05, 4.69) is 5.32 Å². The Morgan fingerprint density at radius 1 is 1.44 bits per heavy atom. The number of nitrogens with zero attached hydrogens (tertiary/aromatic N) is 1. The van der Waals surface area contributed by atoms with Gasteiger partial charge in [-0.25, -0.2) is 4.79 Å². The van der Waals surface area contributed by atoms with Crippen molar-refractivity contribution in [3.05, 3.63) is 34.8 Å². The maximum absolute atomic E-state index is 11.9. The number of carbonyl (C=O) groups excluding carboxylic acids is 1. The summed E-state index contributed by atoms with van der Waals surface area (Å²) in [5.74, 6) is -0.680. The molecule has 0 saturated heterocycles. The molecule has 1 N–H and O–H groups in total. The number of para-hydroxylation sites is 2. The first kappa shape index (κ1) is 12.4. The number of carbonyl (C=O) groups is 1. The summed E-state index contributed by atoms with van der Waals surface area (Å²) in [6.07, 6.45) is 0.861. The fraction of sp³-hybridized carbons (Fsp3) is 0.385. The summed E-state index contributed by atoms with van der Waals surface area (Å²) >= 11 is 0. The van der Waals surface area contributed by atoms with Crippen molar-refractivity contribution in [3.8, 4) is 0 Å². The molecule has 5 heteroatoms. The maximum atomic E-state index is 11.9. The minimum Gasteiger partial charge on any atom is -0.408 e. The average Bonchev–Trinajstić information content (AvgIpc) is 2.70. The van der Waals surface area contributed by atoms with Gasteiger partial charge in [-0.3, -0.25) is 9.36 Å². The van der Waals surface area contributed by atoms with Gasteiger partial charge in [-0.2, -0.15) is 0 Å². The molecule has 0 aliphatic rings. The monoisotopic (exact) mass is 248 g/mol. The molecule has 96 valence electrons. The van der Waals surface area contributed by atoms with Crippen LogP contribution in [0.4, 0.5) is 0 Å². The van der Waals surface area contributed by atoms with Gasteiger partial charge in [0.05, 0.1) is 5.52 Å². The maximum Gasteiger partial charge on any atom is 0.420 e. The molecule has 18 heavy (non-hydrogen) atoms. The van der Waals surface area contributed by atoms with Crippen LogP contribution in [0.15, 0.2) is 33.5 Å². The molecule has 0 radical (unpaired) electrons. The smallest absolute Gasteiger partial charge is 0.408 e. The Kier molecular flexibility index (Phi) is 3.50. The van der Waals surface area contributed by atoms with Crippen LogP contribution in [0.1, 0.15) is 26.3 Å². The first-order valence-electron chi connectivity index (χ1n) is 6.03. The van der Waals surface area contributed by atoms with Crippen molar-refractivity contribution in [3.63, 3.8) is 0 Å². The molecule has 1 atom stereocenters. The molecule has 2 rings (SSSR count). The Morgan fingerprint density at radius 3 is 2.89 bits per heavy atom. The van der Waals surface area contributed by atoms with E-state index < -0.39 is 11.8 Å². The largest absolute Gasteiger partial charge is 0.420 e. The Balaban J connectivity index is 2.38. The Hall–Kier alpha value is -2.04.